The molecule has 0 aromatic heterocycles. The van der Waals surface area contributed by atoms with Crippen LogP contribution in [0, 0.1) is 0 Å². The Morgan fingerprint density at radius 3 is 2.08 bits per heavy atom. The summed E-state index contributed by atoms with van der Waals surface area (Å²) in [6.07, 6.45) is -0.515. The van der Waals surface area contributed by atoms with Gasteiger partial charge in [0.05, 0.1) is 18.9 Å². The molecule has 1 fully saturated rings. The maximum Gasteiger partial charge on any atom is 0.326 e. The van der Waals surface area contributed by atoms with Gasteiger partial charge in [0.25, 0.3) is 0 Å². The topological polar surface area (TPSA) is 248 Å². The minimum Gasteiger partial charge on any atom is -0.508 e. The van der Waals surface area contributed by atoms with Crippen LogP contribution in [0.3, 0.4) is 0 Å². The number of rotatable bonds is 12. The standard InChI is InChI=1S/C22H30N6O8/c23-13(9-17(24)30)19(32)26-14(10-18(25)31)20(33)27-15(8-11-3-5-12(29)6-4-11)21(34)28-7-1-2-16(28)22(35)36/h3-6,13-16,29H,1-2,7-10,23H2,(H2,24,30)(H2,25,31)(H,26,32)(H,27,33)(H,35,36). The molecule has 196 valence electrons. The highest BCUT2D eigenvalue weighted by Crippen LogP contribution is 2.20. The molecule has 0 radical (unpaired) electrons. The number of likely N-dealkylation sites (tertiary alicyclic amines) is 1. The molecule has 14 nitrogen and oxygen atoms in total. The Balaban J connectivity index is 2.27. The second-order valence-electron chi connectivity index (χ2n) is 8.47. The predicted molar refractivity (Wildman–Crippen MR) is 124 cm³/mol. The van der Waals surface area contributed by atoms with Crippen LogP contribution < -0.4 is 27.8 Å². The largest absolute Gasteiger partial charge is 0.508 e. The van der Waals surface area contributed by atoms with Gasteiger partial charge in [-0.25, -0.2) is 4.79 Å². The number of nitrogens with two attached hydrogens (primary N) is 3. The molecule has 36 heavy (non-hydrogen) atoms. The molecule has 1 aromatic carbocycles. The molecule has 5 amide bonds. The van der Waals surface area contributed by atoms with E-state index < -0.39 is 72.5 Å². The first kappa shape index (κ1) is 28.0. The zero-order valence-corrected chi connectivity index (χ0v) is 19.4. The van der Waals surface area contributed by atoms with E-state index in [1.54, 1.807) is 0 Å². The molecule has 4 atom stereocenters. The fourth-order valence-electron chi connectivity index (χ4n) is 3.83. The minimum atomic E-state index is -1.53. The van der Waals surface area contributed by atoms with Crippen molar-refractivity contribution in [1.29, 1.82) is 0 Å². The first-order chi connectivity index (χ1) is 16.9. The highest BCUT2D eigenvalue weighted by Gasteiger charge is 2.38. The summed E-state index contributed by atoms with van der Waals surface area (Å²) in [5.41, 5.74) is 16.4. The van der Waals surface area contributed by atoms with Crippen LogP contribution in [0.2, 0.25) is 0 Å². The van der Waals surface area contributed by atoms with Crippen molar-refractivity contribution in [1.82, 2.24) is 15.5 Å². The summed E-state index contributed by atoms with van der Waals surface area (Å²) in [5.74, 6) is -5.56. The Kier molecular flexibility index (Phi) is 9.73. The molecule has 0 saturated carbocycles. The molecule has 1 aliphatic heterocycles. The Morgan fingerprint density at radius 2 is 1.53 bits per heavy atom. The van der Waals surface area contributed by atoms with Crippen molar-refractivity contribution in [2.75, 3.05) is 6.54 Å². The molecular formula is C22H30N6O8. The number of hydrogen-bond donors (Lipinski definition) is 7. The number of carbonyl (C=O) groups is 6. The van der Waals surface area contributed by atoms with Crippen LogP contribution in [0.15, 0.2) is 24.3 Å². The number of phenolic OH excluding ortho intramolecular Hbond substituents is 1. The van der Waals surface area contributed by atoms with E-state index in [1.165, 1.54) is 24.3 Å². The summed E-state index contributed by atoms with van der Waals surface area (Å²) in [6.45, 7) is 0.168. The van der Waals surface area contributed by atoms with Gasteiger partial charge in [-0.05, 0) is 30.5 Å². The van der Waals surface area contributed by atoms with Crippen molar-refractivity contribution in [2.45, 2.75) is 56.3 Å². The van der Waals surface area contributed by atoms with Crippen LogP contribution in [-0.2, 0) is 35.2 Å². The number of nitrogens with zero attached hydrogens (tertiary/aromatic N) is 1. The molecule has 2 rings (SSSR count). The average Bonchev–Trinajstić information content (AvgIpc) is 3.28. The number of aromatic hydroxyl groups is 1. The van der Waals surface area contributed by atoms with E-state index in [0.29, 0.717) is 12.0 Å². The summed E-state index contributed by atoms with van der Waals surface area (Å²) in [6, 6.07) is 0.547. The van der Waals surface area contributed by atoms with Crippen LogP contribution in [0.25, 0.3) is 0 Å². The maximum absolute atomic E-state index is 13.3. The summed E-state index contributed by atoms with van der Waals surface area (Å²) < 4.78 is 0. The highest BCUT2D eigenvalue weighted by atomic mass is 16.4. The molecule has 14 heteroatoms. The molecular weight excluding hydrogens is 476 g/mol. The van der Waals surface area contributed by atoms with E-state index in [9.17, 15) is 39.0 Å². The third kappa shape index (κ3) is 7.94. The summed E-state index contributed by atoms with van der Waals surface area (Å²) in [7, 11) is 0. The zero-order valence-electron chi connectivity index (χ0n) is 19.4. The Hall–Kier alpha value is -4.20. The molecule has 1 saturated heterocycles. The lowest BCUT2D eigenvalue weighted by atomic mass is 10.0. The molecule has 10 N–H and O–H groups in total. The fraction of sp³-hybridized carbons (Fsp3) is 0.455. The van der Waals surface area contributed by atoms with Gasteiger partial charge in [0.15, 0.2) is 0 Å². The maximum atomic E-state index is 13.3. The number of aliphatic carboxylic acids is 1. The van der Waals surface area contributed by atoms with E-state index in [4.69, 9.17) is 17.2 Å². The van der Waals surface area contributed by atoms with Gasteiger partial charge in [0.2, 0.25) is 29.5 Å². The van der Waals surface area contributed by atoms with E-state index in [0.717, 1.165) is 4.90 Å². The van der Waals surface area contributed by atoms with Gasteiger partial charge in [0, 0.05) is 13.0 Å². The number of nitrogens with one attached hydrogen (secondary N) is 2. The van der Waals surface area contributed by atoms with Crippen LogP contribution in [0.4, 0.5) is 0 Å². The Labute approximate surface area is 206 Å². The quantitative estimate of drug-likeness (QED) is 0.153. The second-order valence-corrected chi connectivity index (χ2v) is 8.47. The van der Waals surface area contributed by atoms with Gasteiger partial charge in [-0.3, -0.25) is 24.0 Å². The average molecular weight is 507 g/mol. The number of carbonyl (C=O) groups excluding carboxylic acids is 5. The second kappa shape index (κ2) is 12.5. The predicted octanol–water partition coefficient (Wildman–Crippen LogP) is -2.94. The zero-order chi connectivity index (χ0) is 27.0. The van der Waals surface area contributed by atoms with E-state index in [2.05, 4.69) is 10.6 Å². The molecule has 0 aliphatic carbocycles. The SMILES string of the molecule is NC(=O)CC(N)C(=O)NC(CC(N)=O)C(=O)NC(Cc1ccc(O)cc1)C(=O)N1CCCC1C(=O)O. The summed E-state index contributed by atoms with van der Waals surface area (Å²) >= 11 is 0. The first-order valence-corrected chi connectivity index (χ1v) is 11.1. The van der Waals surface area contributed by atoms with E-state index in [1.807, 2.05) is 0 Å². The summed E-state index contributed by atoms with van der Waals surface area (Å²) in [5, 5.41) is 23.7. The van der Waals surface area contributed by atoms with Crippen molar-refractivity contribution in [3.63, 3.8) is 0 Å². The molecule has 1 aliphatic rings. The van der Waals surface area contributed by atoms with Crippen LogP contribution in [0.1, 0.15) is 31.2 Å². The number of benzene rings is 1. The smallest absolute Gasteiger partial charge is 0.326 e. The van der Waals surface area contributed by atoms with Crippen molar-refractivity contribution >= 4 is 35.5 Å². The van der Waals surface area contributed by atoms with Crippen molar-refractivity contribution < 1.29 is 39.0 Å². The molecule has 1 aromatic rings. The van der Waals surface area contributed by atoms with Crippen LogP contribution >= 0.6 is 0 Å². The molecule has 0 spiro atoms. The van der Waals surface area contributed by atoms with Gasteiger partial charge >= 0.3 is 5.97 Å². The van der Waals surface area contributed by atoms with E-state index >= 15 is 0 Å². The highest BCUT2D eigenvalue weighted by molar-refractivity contribution is 5.97. The molecule has 0 bridgehead atoms. The fourth-order valence-corrected chi connectivity index (χ4v) is 3.83. The lowest BCUT2D eigenvalue weighted by Gasteiger charge is -2.29. The third-order valence-corrected chi connectivity index (χ3v) is 5.61. The van der Waals surface area contributed by atoms with Gasteiger partial charge in [-0.15, -0.1) is 0 Å². The van der Waals surface area contributed by atoms with Gasteiger partial charge in [-0.1, -0.05) is 12.1 Å². The molecule has 4 unspecified atom stereocenters. The van der Waals surface area contributed by atoms with Gasteiger partial charge in [-0.2, -0.15) is 0 Å². The number of primary amides is 2. The summed E-state index contributed by atoms with van der Waals surface area (Å²) in [4.78, 5) is 74.0. The van der Waals surface area contributed by atoms with Crippen LogP contribution in [-0.4, -0.2) is 81.3 Å². The lowest BCUT2D eigenvalue weighted by molar-refractivity contribution is -0.149. The van der Waals surface area contributed by atoms with E-state index in [-0.39, 0.29) is 25.1 Å². The van der Waals surface area contributed by atoms with Gasteiger partial charge in [0.1, 0.15) is 23.9 Å². The van der Waals surface area contributed by atoms with Crippen molar-refractivity contribution in [3.8, 4) is 5.75 Å². The number of amides is 5. The van der Waals surface area contributed by atoms with Gasteiger partial charge < -0.3 is 42.9 Å². The number of hydrogen-bond acceptors (Lipinski definition) is 8. The Bertz CT molecular complexity index is 1010. The Morgan fingerprint density at radius 1 is 0.944 bits per heavy atom. The van der Waals surface area contributed by atoms with Crippen LogP contribution in [0.5, 0.6) is 5.75 Å². The molecule has 1 heterocycles. The number of carboxylic acid groups (broad SMARTS) is 1. The lowest BCUT2D eigenvalue weighted by Crippen LogP contribution is -2.58. The third-order valence-electron chi connectivity index (χ3n) is 5.61. The van der Waals surface area contributed by atoms with Crippen molar-refractivity contribution in [2.24, 2.45) is 17.2 Å². The minimum absolute atomic E-state index is 0.0207. The number of carboxylic acids is 1. The number of phenols is 1. The van der Waals surface area contributed by atoms with Crippen molar-refractivity contribution in [3.05, 3.63) is 29.8 Å². The monoisotopic (exact) mass is 506 g/mol. The normalized spacial score (nSPS) is 17.5. The first-order valence-electron chi connectivity index (χ1n) is 11.1.